The molecule has 0 bridgehead atoms. The molecule has 20 heavy (non-hydrogen) atoms. The molecule has 1 aromatic rings. The van der Waals surface area contributed by atoms with E-state index in [2.05, 4.69) is 5.32 Å². The van der Waals surface area contributed by atoms with Gasteiger partial charge in [0, 0.05) is 11.8 Å². The molecular weight excluding hydrogens is 282 g/mol. The molecule has 0 aliphatic rings. The van der Waals surface area contributed by atoms with Gasteiger partial charge in [-0.2, -0.15) is 0 Å². The van der Waals surface area contributed by atoms with Crippen molar-refractivity contribution in [1.29, 1.82) is 0 Å². The summed E-state index contributed by atoms with van der Waals surface area (Å²) in [6.07, 6.45) is 1.04. The van der Waals surface area contributed by atoms with Crippen molar-refractivity contribution in [2.75, 3.05) is 6.26 Å². The molecule has 6 nitrogen and oxygen atoms in total. The van der Waals surface area contributed by atoms with Crippen LogP contribution in [0.5, 0.6) is 0 Å². The summed E-state index contributed by atoms with van der Waals surface area (Å²) in [5.74, 6) is -2.03. The zero-order valence-electron chi connectivity index (χ0n) is 11.5. The summed E-state index contributed by atoms with van der Waals surface area (Å²) in [7, 11) is -3.42. The minimum absolute atomic E-state index is 0.0153. The fourth-order valence-electron chi connectivity index (χ4n) is 1.61. The number of sulfone groups is 1. The first-order chi connectivity index (χ1) is 9.12. The van der Waals surface area contributed by atoms with Crippen molar-refractivity contribution in [3.05, 3.63) is 29.8 Å². The molecule has 0 aliphatic carbocycles. The fourth-order valence-corrected chi connectivity index (χ4v) is 2.27. The summed E-state index contributed by atoms with van der Waals surface area (Å²) in [4.78, 5) is 23.0. The van der Waals surface area contributed by atoms with Gasteiger partial charge in [-0.25, -0.2) is 13.2 Å². The monoisotopic (exact) mass is 299 g/mol. The summed E-state index contributed by atoms with van der Waals surface area (Å²) in [6.45, 7) is 3.35. The van der Waals surface area contributed by atoms with Crippen LogP contribution in [0.2, 0.25) is 0 Å². The second-order valence-corrected chi connectivity index (χ2v) is 6.85. The molecule has 0 saturated carbocycles. The van der Waals surface area contributed by atoms with Crippen molar-refractivity contribution in [3.8, 4) is 0 Å². The molecule has 0 radical (unpaired) electrons. The molecule has 0 aliphatic heterocycles. The number of amides is 1. The third-order valence-corrected chi connectivity index (χ3v) is 3.85. The van der Waals surface area contributed by atoms with E-state index >= 15 is 0 Å². The van der Waals surface area contributed by atoms with Gasteiger partial charge in [0.05, 0.1) is 4.90 Å². The summed E-state index contributed by atoms with van der Waals surface area (Å²) in [5, 5.41) is 11.4. The van der Waals surface area contributed by atoms with E-state index in [1.165, 1.54) is 24.3 Å². The molecule has 0 spiro atoms. The molecule has 1 rings (SSSR count). The summed E-state index contributed by atoms with van der Waals surface area (Å²) >= 11 is 0. The molecule has 0 saturated heterocycles. The fraction of sp³-hybridized carbons (Fsp3) is 0.385. The zero-order chi connectivity index (χ0) is 15.5. The standard InChI is InChI=1S/C13H17NO5S/c1-8(2)11(13(16)17)14-12(15)9-5-4-6-10(7-9)20(3,18)19/h4-8,11H,1-3H3,(H,14,15)(H,16,17)/t11-/m1/s1. The highest BCUT2D eigenvalue weighted by Gasteiger charge is 2.24. The van der Waals surface area contributed by atoms with Gasteiger partial charge in [-0.3, -0.25) is 4.79 Å². The second-order valence-electron chi connectivity index (χ2n) is 4.83. The van der Waals surface area contributed by atoms with E-state index < -0.39 is 27.8 Å². The lowest BCUT2D eigenvalue weighted by Gasteiger charge is -2.18. The van der Waals surface area contributed by atoms with Gasteiger partial charge >= 0.3 is 5.97 Å². The Bertz CT molecular complexity index is 621. The van der Waals surface area contributed by atoms with Gasteiger partial charge in [-0.05, 0) is 24.1 Å². The molecule has 0 fully saturated rings. The Labute approximate surface area is 117 Å². The first kappa shape index (κ1) is 16.2. The lowest BCUT2D eigenvalue weighted by Crippen LogP contribution is -2.44. The van der Waals surface area contributed by atoms with E-state index in [1.54, 1.807) is 13.8 Å². The molecule has 7 heteroatoms. The van der Waals surface area contributed by atoms with E-state index in [-0.39, 0.29) is 16.4 Å². The summed E-state index contributed by atoms with van der Waals surface area (Å²) in [5.41, 5.74) is 0.111. The Kier molecular flexibility index (Phi) is 4.88. The number of nitrogens with one attached hydrogen (secondary N) is 1. The van der Waals surface area contributed by atoms with Gasteiger partial charge < -0.3 is 10.4 Å². The second kappa shape index (κ2) is 6.04. The average molecular weight is 299 g/mol. The van der Waals surface area contributed by atoms with Gasteiger partial charge in [-0.15, -0.1) is 0 Å². The smallest absolute Gasteiger partial charge is 0.326 e. The first-order valence-corrected chi connectivity index (χ1v) is 7.86. The maximum Gasteiger partial charge on any atom is 0.326 e. The summed E-state index contributed by atoms with van der Waals surface area (Å²) in [6, 6.07) is 4.46. The quantitative estimate of drug-likeness (QED) is 0.842. The third-order valence-electron chi connectivity index (χ3n) is 2.74. The Hall–Kier alpha value is -1.89. The molecule has 0 unspecified atom stereocenters. The van der Waals surface area contributed by atoms with Gasteiger partial charge in [0.25, 0.3) is 5.91 Å². The number of carbonyl (C=O) groups excluding carboxylic acids is 1. The molecule has 2 N–H and O–H groups in total. The van der Waals surface area contributed by atoms with Crippen molar-refractivity contribution in [2.45, 2.75) is 24.8 Å². The van der Waals surface area contributed by atoms with Crippen LogP contribution >= 0.6 is 0 Å². The summed E-state index contributed by atoms with van der Waals surface area (Å²) < 4.78 is 22.8. The van der Waals surface area contributed by atoms with Crippen molar-refractivity contribution >= 4 is 21.7 Å². The lowest BCUT2D eigenvalue weighted by molar-refractivity contribution is -0.140. The molecule has 1 aromatic carbocycles. The Balaban J connectivity index is 3.01. The molecule has 1 amide bonds. The number of hydrogen-bond acceptors (Lipinski definition) is 4. The van der Waals surface area contributed by atoms with E-state index in [0.717, 1.165) is 6.26 Å². The Morgan fingerprint density at radius 2 is 1.85 bits per heavy atom. The third kappa shape index (κ3) is 4.06. The maximum absolute atomic E-state index is 12.0. The van der Waals surface area contributed by atoms with E-state index in [0.29, 0.717) is 0 Å². The molecule has 1 atom stereocenters. The van der Waals surface area contributed by atoms with Crippen LogP contribution in [-0.4, -0.2) is 37.7 Å². The number of aliphatic carboxylic acids is 1. The van der Waals surface area contributed by atoms with Crippen LogP contribution in [-0.2, 0) is 14.6 Å². The van der Waals surface area contributed by atoms with Crippen LogP contribution in [0.1, 0.15) is 24.2 Å². The van der Waals surface area contributed by atoms with Crippen LogP contribution in [0, 0.1) is 5.92 Å². The van der Waals surface area contributed by atoms with Crippen LogP contribution in [0.4, 0.5) is 0 Å². The zero-order valence-corrected chi connectivity index (χ0v) is 12.3. The predicted octanol–water partition coefficient (Wildman–Crippen LogP) is 0.929. The predicted molar refractivity (Wildman–Crippen MR) is 73.3 cm³/mol. The molecular formula is C13H17NO5S. The molecule has 110 valence electrons. The number of carboxylic acids is 1. The number of rotatable bonds is 5. The molecule has 0 heterocycles. The van der Waals surface area contributed by atoms with Crippen molar-refractivity contribution in [3.63, 3.8) is 0 Å². The van der Waals surface area contributed by atoms with Crippen molar-refractivity contribution in [1.82, 2.24) is 5.32 Å². The van der Waals surface area contributed by atoms with E-state index in [4.69, 9.17) is 5.11 Å². The number of carbonyl (C=O) groups is 2. The highest BCUT2D eigenvalue weighted by atomic mass is 32.2. The largest absolute Gasteiger partial charge is 0.480 e. The first-order valence-electron chi connectivity index (χ1n) is 5.96. The Morgan fingerprint density at radius 1 is 1.25 bits per heavy atom. The van der Waals surface area contributed by atoms with Crippen LogP contribution in [0.3, 0.4) is 0 Å². The van der Waals surface area contributed by atoms with Gasteiger partial charge in [0.1, 0.15) is 6.04 Å². The maximum atomic E-state index is 12.0. The highest BCUT2D eigenvalue weighted by Crippen LogP contribution is 2.12. The van der Waals surface area contributed by atoms with Crippen molar-refractivity contribution in [2.24, 2.45) is 5.92 Å². The number of carboxylic acid groups (broad SMARTS) is 1. The van der Waals surface area contributed by atoms with E-state index in [1.807, 2.05) is 0 Å². The lowest BCUT2D eigenvalue weighted by atomic mass is 10.0. The average Bonchev–Trinajstić information content (AvgIpc) is 2.34. The van der Waals surface area contributed by atoms with Gasteiger partial charge in [0.2, 0.25) is 0 Å². The number of benzene rings is 1. The van der Waals surface area contributed by atoms with Crippen LogP contribution in [0.25, 0.3) is 0 Å². The normalized spacial score (nSPS) is 13.0. The Morgan fingerprint density at radius 3 is 2.30 bits per heavy atom. The van der Waals surface area contributed by atoms with Crippen LogP contribution < -0.4 is 5.32 Å². The SMILES string of the molecule is CC(C)[C@@H](NC(=O)c1cccc(S(C)(=O)=O)c1)C(=O)O. The van der Waals surface area contributed by atoms with Crippen molar-refractivity contribution < 1.29 is 23.1 Å². The van der Waals surface area contributed by atoms with E-state index in [9.17, 15) is 18.0 Å². The van der Waals surface area contributed by atoms with Gasteiger partial charge in [0.15, 0.2) is 9.84 Å². The minimum Gasteiger partial charge on any atom is -0.480 e. The van der Waals surface area contributed by atoms with Gasteiger partial charge in [-0.1, -0.05) is 19.9 Å². The number of hydrogen-bond donors (Lipinski definition) is 2. The van der Waals surface area contributed by atoms with Crippen LogP contribution in [0.15, 0.2) is 29.2 Å². The minimum atomic E-state index is -3.42. The highest BCUT2D eigenvalue weighted by molar-refractivity contribution is 7.90. The molecule has 0 aromatic heterocycles. The topological polar surface area (TPSA) is 101 Å².